The van der Waals surface area contributed by atoms with Gasteiger partial charge in [0, 0.05) is 16.2 Å². The molecule has 2 amide bonds. The summed E-state index contributed by atoms with van der Waals surface area (Å²) in [6.07, 6.45) is -19.0. The summed E-state index contributed by atoms with van der Waals surface area (Å²) in [7, 11) is 0. The monoisotopic (exact) mass is 749 g/mol. The second-order valence-corrected chi connectivity index (χ2v) is 9.74. The highest BCUT2D eigenvalue weighted by molar-refractivity contribution is 9.10. The lowest BCUT2D eigenvalue weighted by Gasteiger charge is -2.36. The minimum atomic E-state index is -7.26. The third kappa shape index (κ3) is 7.05. The number of alkyl halides is 12. The highest BCUT2D eigenvalue weighted by Crippen LogP contribution is 2.59. The molecule has 2 aromatic carbocycles. The summed E-state index contributed by atoms with van der Waals surface area (Å²) in [5, 5.41) is 3.28. The van der Waals surface area contributed by atoms with Crippen molar-refractivity contribution in [2.45, 2.75) is 30.3 Å². The van der Waals surface area contributed by atoms with E-state index in [-0.39, 0.29) is 10.7 Å². The van der Waals surface area contributed by atoms with E-state index in [4.69, 9.17) is 11.6 Å². The zero-order chi connectivity index (χ0) is 34.3. The van der Waals surface area contributed by atoms with Gasteiger partial charge in [0.25, 0.3) is 11.8 Å². The molecule has 0 spiro atoms. The predicted octanol–water partition coefficient (Wildman–Crippen LogP) is 8.96. The Hall–Kier alpha value is -3.81. The summed E-state index contributed by atoms with van der Waals surface area (Å²) >= 11 is 8.06. The zero-order valence-electron chi connectivity index (χ0n) is 21.0. The summed E-state index contributed by atoms with van der Waals surface area (Å²) in [4.78, 5) is 28.9. The number of benzene rings is 2. The van der Waals surface area contributed by atoms with Gasteiger partial charge in [-0.25, -0.2) is 13.8 Å². The number of nitrogens with zero attached hydrogens (tertiary/aromatic N) is 1. The molecule has 244 valence electrons. The highest BCUT2D eigenvalue weighted by Gasteiger charge is 2.81. The van der Waals surface area contributed by atoms with E-state index in [2.05, 4.69) is 25.7 Å². The Labute approximate surface area is 254 Å². The van der Waals surface area contributed by atoms with Crippen LogP contribution in [0.2, 0.25) is 5.15 Å². The van der Waals surface area contributed by atoms with E-state index in [9.17, 15) is 62.3 Å². The summed E-state index contributed by atoms with van der Waals surface area (Å²) in [5.74, 6) is -13.7. The maximum Gasteiger partial charge on any atom is 0.573 e. The largest absolute Gasteiger partial charge is 0.573 e. The molecule has 1 aromatic heterocycles. The molecule has 21 heteroatoms. The van der Waals surface area contributed by atoms with Crippen molar-refractivity contribution in [3.05, 3.63) is 80.8 Å². The van der Waals surface area contributed by atoms with E-state index in [1.807, 2.05) is 5.32 Å². The SMILES string of the molecule is O=C(Nc1cccc(C(=O)Nc2c(Br)cc(C(F)(C(F)(F)F)C(F)(F)C(F)(F)F)cc2OC(F)(F)F)c1F)c1cccnc1Cl. The normalized spacial score (nSPS) is 14.0. The van der Waals surface area contributed by atoms with Crippen molar-refractivity contribution in [1.82, 2.24) is 4.98 Å². The molecule has 45 heavy (non-hydrogen) atoms. The first-order valence-electron chi connectivity index (χ1n) is 11.2. The summed E-state index contributed by atoms with van der Waals surface area (Å²) in [6.45, 7) is 0. The van der Waals surface area contributed by atoms with Crippen LogP contribution in [0.25, 0.3) is 0 Å². The molecule has 1 unspecified atom stereocenters. The fourth-order valence-corrected chi connectivity index (χ4v) is 4.30. The Morgan fingerprint density at radius 2 is 1.38 bits per heavy atom. The van der Waals surface area contributed by atoms with Crippen molar-refractivity contribution in [3.63, 3.8) is 0 Å². The number of anilines is 2. The van der Waals surface area contributed by atoms with Crippen LogP contribution in [0.4, 0.5) is 68.5 Å². The first-order chi connectivity index (χ1) is 20.4. The Morgan fingerprint density at radius 1 is 0.800 bits per heavy atom. The summed E-state index contributed by atoms with van der Waals surface area (Å²) in [5.41, 5.74) is -12.8. The van der Waals surface area contributed by atoms with Gasteiger partial charge in [-0.15, -0.1) is 13.2 Å². The molecule has 0 aliphatic heterocycles. The average Bonchev–Trinajstić information content (AvgIpc) is 2.89. The summed E-state index contributed by atoms with van der Waals surface area (Å²) < 4.78 is 178. The first-order valence-corrected chi connectivity index (χ1v) is 12.4. The van der Waals surface area contributed by atoms with Gasteiger partial charge in [-0.05, 0) is 52.3 Å². The van der Waals surface area contributed by atoms with Gasteiger partial charge in [0.1, 0.15) is 5.15 Å². The quantitative estimate of drug-likeness (QED) is 0.187. The van der Waals surface area contributed by atoms with Crippen LogP contribution in [0.5, 0.6) is 5.75 Å². The molecule has 0 aliphatic rings. The van der Waals surface area contributed by atoms with Crippen molar-refractivity contribution in [1.29, 1.82) is 0 Å². The first kappa shape index (κ1) is 35.7. The molecule has 0 saturated heterocycles. The molecular formula is C24H10BrClF13N3O3. The number of halogens is 15. The molecule has 0 aliphatic carbocycles. The van der Waals surface area contributed by atoms with E-state index in [1.165, 1.54) is 18.3 Å². The predicted molar refractivity (Wildman–Crippen MR) is 132 cm³/mol. The lowest BCUT2D eigenvalue weighted by Crippen LogP contribution is -2.59. The van der Waals surface area contributed by atoms with Gasteiger partial charge < -0.3 is 15.4 Å². The second kappa shape index (κ2) is 12.2. The zero-order valence-corrected chi connectivity index (χ0v) is 23.3. The number of pyridine rings is 1. The number of nitrogens with one attached hydrogen (secondary N) is 2. The van der Waals surface area contributed by atoms with E-state index >= 15 is 4.39 Å². The molecule has 0 fully saturated rings. The van der Waals surface area contributed by atoms with Crippen molar-refractivity contribution in [3.8, 4) is 5.75 Å². The van der Waals surface area contributed by atoms with Gasteiger partial charge in [-0.3, -0.25) is 9.59 Å². The number of amides is 2. The number of hydrogen-bond acceptors (Lipinski definition) is 4. The number of aromatic nitrogens is 1. The third-order valence-electron chi connectivity index (χ3n) is 5.59. The number of hydrogen-bond donors (Lipinski definition) is 2. The smallest absolute Gasteiger partial charge is 0.404 e. The van der Waals surface area contributed by atoms with Crippen LogP contribution in [0.3, 0.4) is 0 Å². The van der Waals surface area contributed by atoms with Crippen LogP contribution < -0.4 is 15.4 Å². The molecule has 2 N–H and O–H groups in total. The van der Waals surface area contributed by atoms with Gasteiger partial charge in [0.05, 0.1) is 22.5 Å². The maximum atomic E-state index is 15.2. The van der Waals surface area contributed by atoms with Crippen LogP contribution in [0.15, 0.2) is 53.1 Å². The highest BCUT2D eigenvalue weighted by atomic mass is 79.9. The van der Waals surface area contributed by atoms with Gasteiger partial charge in [-0.1, -0.05) is 17.7 Å². The molecule has 0 saturated carbocycles. The number of carbonyl (C=O) groups is 2. The van der Waals surface area contributed by atoms with E-state index in [1.54, 1.807) is 5.32 Å². The Morgan fingerprint density at radius 3 is 1.91 bits per heavy atom. The van der Waals surface area contributed by atoms with Crippen LogP contribution in [-0.4, -0.2) is 41.4 Å². The minimum absolute atomic E-state index is 0.259. The molecular weight excluding hydrogens is 741 g/mol. The second-order valence-electron chi connectivity index (χ2n) is 8.52. The Balaban J connectivity index is 2.11. The van der Waals surface area contributed by atoms with Crippen molar-refractivity contribution < 1.29 is 71.4 Å². The van der Waals surface area contributed by atoms with Crippen LogP contribution in [-0.2, 0) is 5.67 Å². The van der Waals surface area contributed by atoms with Crippen molar-refractivity contribution in [2.24, 2.45) is 0 Å². The molecule has 0 bridgehead atoms. The van der Waals surface area contributed by atoms with Crippen LogP contribution >= 0.6 is 27.5 Å². The Bertz CT molecular complexity index is 1630. The standard InChI is InChI=1S/C24H10BrClF13N3O3/c25-12-7-9(20(28,22(31,32)33)21(29,30)23(34,35)36)8-14(45-24(37,38)39)16(12)42-18(43)10-3-1-5-13(15(10)27)41-19(44)11-4-2-6-40-17(11)26/h1-8H,(H,41,44)(H,42,43). The fraction of sp³-hybridized carbons (Fsp3) is 0.208. The van der Waals surface area contributed by atoms with Gasteiger partial charge in [0.2, 0.25) is 0 Å². The number of ether oxygens (including phenoxy) is 1. The number of rotatable bonds is 7. The van der Waals surface area contributed by atoms with E-state index in [0.717, 1.165) is 12.1 Å². The molecule has 1 heterocycles. The van der Waals surface area contributed by atoms with Gasteiger partial charge in [-0.2, -0.15) is 35.1 Å². The molecule has 3 aromatic rings. The maximum absolute atomic E-state index is 15.2. The van der Waals surface area contributed by atoms with E-state index < -0.39 is 92.8 Å². The van der Waals surface area contributed by atoms with E-state index in [0.29, 0.717) is 6.07 Å². The van der Waals surface area contributed by atoms with Crippen LogP contribution in [0, 0.1) is 5.82 Å². The van der Waals surface area contributed by atoms with Crippen LogP contribution in [0.1, 0.15) is 26.3 Å². The number of carbonyl (C=O) groups excluding carboxylic acids is 2. The lowest BCUT2D eigenvalue weighted by atomic mass is 9.87. The molecule has 0 radical (unpaired) electrons. The minimum Gasteiger partial charge on any atom is -0.404 e. The van der Waals surface area contributed by atoms with Crippen molar-refractivity contribution in [2.75, 3.05) is 10.6 Å². The fourth-order valence-electron chi connectivity index (χ4n) is 3.55. The molecule has 3 rings (SSSR count). The van der Waals surface area contributed by atoms with Crippen molar-refractivity contribution >= 4 is 50.7 Å². The Kier molecular flexibility index (Phi) is 9.65. The molecule has 1 atom stereocenters. The topological polar surface area (TPSA) is 80.3 Å². The van der Waals surface area contributed by atoms with Gasteiger partial charge >= 0.3 is 30.3 Å². The molecule has 6 nitrogen and oxygen atoms in total. The lowest BCUT2D eigenvalue weighted by molar-refractivity contribution is -0.389. The summed E-state index contributed by atoms with van der Waals surface area (Å²) in [6, 6.07) is 3.81. The average molecular weight is 751 g/mol. The van der Waals surface area contributed by atoms with Gasteiger partial charge in [0.15, 0.2) is 11.6 Å². The third-order valence-corrected chi connectivity index (χ3v) is 6.52.